The number of nitrogens with zero attached hydrogens (tertiary/aromatic N) is 2. The van der Waals surface area contributed by atoms with Crippen LogP contribution in [0.5, 0.6) is 0 Å². The van der Waals surface area contributed by atoms with E-state index in [-0.39, 0.29) is 10.6 Å². The van der Waals surface area contributed by atoms with E-state index < -0.39 is 0 Å². The van der Waals surface area contributed by atoms with Gasteiger partial charge < -0.3 is 0 Å². The first-order chi connectivity index (χ1) is 7.61. The van der Waals surface area contributed by atoms with Crippen LogP contribution in [0.4, 0.5) is 5.69 Å². The number of fused-ring (bicyclic) bond motifs is 1. The van der Waals surface area contributed by atoms with Crippen molar-refractivity contribution in [2.45, 2.75) is 19.8 Å². The van der Waals surface area contributed by atoms with E-state index >= 15 is 0 Å². The minimum Gasteiger partial charge on any atom is -0.258 e. The fourth-order valence-corrected chi connectivity index (χ4v) is 1.80. The number of nitro groups is 1. The molecule has 16 heavy (non-hydrogen) atoms. The maximum Gasteiger partial charge on any atom is 0.278 e. The summed E-state index contributed by atoms with van der Waals surface area (Å²) >= 11 is 0. The van der Waals surface area contributed by atoms with Crippen molar-refractivity contribution in [3.05, 3.63) is 46.1 Å². The minimum absolute atomic E-state index is 0.118. The normalized spacial score (nSPS) is 10.9. The van der Waals surface area contributed by atoms with Gasteiger partial charge in [0.15, 0.2) is 0 Å². The first kappa shape index (κ1) is 10.5. The summed E-state index contributed by atoms with van der Waals surface area (Å²) in [7, 11) is 0. The van der Waals surface area contributed by atoms with Crippen molar-refractivity contribution in [2.24, 2.45) is 0 Å². The summed E-state index contributed by atoms with van der Waals surface area (Å²) in [5, 5.41) is 11.5. The van der Waals surface area contributed by atoms with E-state index in [2.05, 4.69) is 18.8 Å². The topological polar surface area (TPSA) is 56.0 Å². The average Bonchev–Trinajstić information content (AvgIpc) is 2.27. The second-order valence-corrected chi connectivity index (χ2v) is 3.99. The van der Waals surface area contributed by atoms with Gasteiger partial charge in [-0.2, -0.15) is 0 Å². The third kappa shape index (κ3) is 1.62. The Morgan fingerprint density at radius 2 is 2.06 bits per heavy atom. The van der Waals surface area contributed by atoms with Gasteiger partial charge in [0.25, 0.3) is 5.69 Å². The Hall–Kier alpha value is -1.97. The Morgan fingerprint density at radius 3 is 2.69 bits per heavy atom. The van der Waals surface area contributed by atoms with Crippen LogP contribution < -0.4 is 0 Å². The summed E-state index contributed by atoms with van der Waals surface area (Å²) in [6.07, 6.45) is 1.66. The first-order valence-electron chi connectivity index (χ1n) is 5.13. The molecular formula is C12H12N2O2. The van der Waals surface area contributed by atoms with E-state index in [1.807, 2.05) is 0 Å². The molecule has 0 radical (unpaired) electrons. The molecular weight excluding hydrogens is 204 g/mol. The molecule has 2 rings (SSSR count). The van der Waals surface area contributed by atoms with Crippen LogP contribution >= 0.6 is 0 Å². The molecule has 0 aliphatic carbocycles. The van der Waals surface area contributed by atoms with Crippen LogP contribution in [0.2, 0.25) is 0 Å². The number of pyridine rings is 1. The Labute approximate surface area is 93.1 Å². The standard InChI is InChI=1S/C12H12N2O2/c1-8(2)9-5-6-11(14(15)16)10-4-3-7-13-12(9)10/h3-8H,1-2H3. The average molecular weight is 216 g/mol. The predicted octanol–water partition coefficient (Wildman–Crippen LogP) is 3.27. The number of hydrogen-bond donors (Lipinski definition) is 0. The number of aromatic nitrogens is 1. The smallest absolute Gasteiger partial charge is 0.258 e. The number of nitro benzene ring substituents is 1. The molecule has 1 aromatic carbocycles. The summed E-state index contributed by atoms with van der Waals surface area (Å²) < 4.78 is 0. The van der Waals surface area contributed by atoms with Gasteiger partial charge in [0.2, 0.25) is 0 Å². The van der Waals surface area contributed by atoms with E-state index in [4.69, 9.17) is 0 Å². The summed E-state index contributed by atoms with van der Waals surface area (Å²) in [6.45, 7) is 4.10. The molecule has 0 fully saturated rings. The van der Waals surface area contributed by atoms with Crippen molar-refractivity contribution in [3.8, 4) is 0 Å². The summed E-state index contributed by atoms with van der Waals surface area (Å²) in [4.78, 5) is 14.7. The van der Waals surface area contributed by atoms with E-state index in [0.717, 1.165) is 11.1 Å². The maximum absolute atomic E-state index is 10.9. The van der Waals surface area contributed by atoms with Crippen molar-refractivity contribution in [3.63, 3.8) is 0 Å². The predicted molar refractivity (Wildman–Crippen MR) is 62.5 cm³/mol. The molecule has 0 aliphatic rings. The van der Waals surface area contributed by atoms with Crippen LogP contribution in [0.1, 0.15) is 25.3 Å². The van der Waals surface area contributed by atoms with Crippen molar-refractivity contribution in [1.82, 2.24) is 4.98 Å². The van der Waals surface area contributed by atoms with Gasteiger partial charge in [-0.1, -0.05) is 13.8 Å². The van der Waals surface area contributed by atoms with Gasteiger partial charge >= 0.3 is 0 Å². The van der Waals surface area contributed by atoms with Gasteiger partial charge in [0, 0.05) is 12.3 Å². The first-order valence-corrected chi connectivity index (χ1v) is 5.13. The monoisotopic (exact) mass is 216 g/mol. The quantitative estimate of drug-likeness (QED) is 0.571. The highest BCUT2D eigenvalue weighted by Gasteiger charge is 2.15. The lowest BCUT2D eigenvalue weighted by molar-refractivity contribution is -0.383. The van der Waals surface area contributed by atoms with Gasteiger partial charge in [0.05, 0.1) is 15.8 Å². The summed E-state index contributed by atoms with van der Waals surface area (Å²) in [5.41, 5.74) is 1.89. The lowest BCUT2D eigenvalue weighted by Crippen LogP contribution is -1.96. The molecule has 0 atom stereocenters. The Bertz CT molecular complexity index is 550. The van der Waals surface area contributed by atoms with E-state index in [1.54, 1.807) is 30.5 Å². The van der Waals surface area contributed by atoms with E-state index in [9.17, 15) is 10.1 Å². The van der Waals surface area contributed by atoms with Crippen molar-refractivity contribution in [2.75, 3.05) is 0 Å². The zero-order chi connectivity index (χ0) is 11.7. The molecule has 0 saturated carbocycles. The molecule has 0 amide bonds. The molecule has 4 heteroatoms. The number of benzene rings is 1. The van der Waals surface area contributed by atoms with Crippen LogP contribution in [0.15, 0.2) is 30.5 Å². The molecule has 4 nitrogen and oxygen atoms in total. The molecule has 0 saturated heterocycles. The molecule has 2 aromatic rings. The lowest BCUT2D eigenvalue weighted by atomic mass is 9.99. The van der Waals surface area contributed by atoms with Gasteiger partial charge in [-0.25, -0.2) is 0 Å². The highest BCUT2D eigenvalue weighted by molar-refractivity contribution is 5.90. The molecule has 0 aliphatic heterocycles. The molecule has 0 bridgehead atoms. The number of rotatable bonds is 2. The third-order valence-electron chi connectivity index (χ3n) is 2.60. The molecule has 1 heterocycles. The second kappa shape index (κ2) is 3.89. The maximum atomic E-state index is 10.9. The van der Waals surface area contributed by atoms with Crippen LogP contribution in [0.3, 0.4) is 0 Å². The van der Waals surface area contributed by atoms with Gasteiger partial charge in [0.1, 0.15) is 0 Å². The number of non-ortho nitro benzene ring substituents is 1. The minimum atomic E-state index is -0.367. The summed E-state index contributed by atoms with van der Waals surface area (Å²) in [6, 6.07) is 6.81. The van der Waals surface area contributed by atoms with Crippen LogP contribution in [0.25, 0.3) is 10.9 Å². The van der Waals surface area contributed by atoms with E-state index in [0.29, 0.717) is 11.3 Å². The number of hydrogen-bond acceptors (Lipinski definition) is 3. The SMILES string of the molecule is CC(C)c1ccc([N+](=O)[O-])c2cccnc12. The fraction of sp³-hybridized carbons (Fsp3) is 0.250. The molecule has 0 N–H and O–H groups in total. The van der Waals surface area contributed by atoms with Crippen molar-refractivity contribution in [1.29, 1.82) is 0 Å². The van der Waals surface area contributed by atoms with Gasteiger partial charge in [-0.05, 0) is 29.7 Å². The van der Waals surface area contributed by atoms with E-state index in [1.165, 1.54) is 0 Å². The highest BCUT2D eigenvalue weighted by atomic mass is 16.6. The zero-order valence-electron chi connectivity index (χ0n) is 9.18. The Balaban J connectivity index is 2.82. The van der Waals surface area contributed by atoms with Crippen LogP contribution in [-0.4, -0.2) is 9.91 Å². The molecule has 1 aromatic heterocycles. The Morgan fingerprint density at radius 1 is 1.31 bits per heavy atom. The van der Waals surface area contributed by atoms with Crippen molar-refractivity contribution < 1.29 is 4.92 Å². The molecule has 82 valence electrons. The molecule has 0 spiro atoms. The lowest BCUT2D eigenvalue weighted by Gasteiger charge is -2.08. The third-order valence-corrected chi connectivity index (χ3v) is 2.60. The van der Waals surface area contributed by atoms with Crippen LogP contribution in [0, 0.1) is 10.1 Å². The van der Waals surface area contributed by atoms with Crippen LogP contribution in [-0.2, 0) is 0 Å². The van der Waals surface area contributed by atoms with Crippen molar-refractivity contribution >= 4 is 16.6 Å². The largest absolute Gasteiger partial charge is 0.278 e. The zero-order valence-corrected chi connectivity index (χ0v) is 9.18. The summed E-state index contributed by atoms with van der Waals surface area (Å²) in [5.74, 6) is 0.304. The van der Waals surface area contributed by atoms with Gasteiger partial charge in [-0.3, -0.25) is 15.1 Å². The van der Waals surface area contributed by atoms with Gasteiger partial charge in [-0.15, -0.1) is 0 Å². The molecule has 0 unspecified atom stereocenters. The highest BCUT2D eigenvalue weighted by Crippen LogP contribution is 2.30. The fourth-order valence-electron chi connectivity index (χ4n) is 1.80. The Kier molecular flexibility index (Phi) is 2.56. The second-order valence-electron chi connectivity index (χ2n) is 3.99.